The zero-order chi connectivity index (χ0) is 41.7. The summed E-state index contributed by atoms with van der Waals surface area (Å²) in [7, 11) is 0. The van der Waals surface area contributed by atoms with Crippen molar-refractivity contribution in [2.75, 3.05) is 4.90 Å². The molecule has 0 radical (unpaired) electrons. The average Bonchev–Trinajstić information content (AvgIpc) is 3.94. The van der Waals surface area contributed by atoms with Crippen LogP contribution >= 0.6 is 11.3 Å². The van der Waals surface area contributed by atoms with Gasteiger partial charge in [-0.05, 0) is 105 Å². The van der Waals surface area contributed by atoms with Crippen LogP contribution in [0.25, 0.3) is 97.7 Å². The minimum atomic E-state index is 0.858. The second-order valence-electron chi connectivity index (χ2n) is 16.0. The van der Waals surface area contributed by atoms with Crippen LogP contribution in [0.3, 0.4) is 0 Å². The molecule has 12 aromatic rings. The minimum absolute atomic E-state index is 0.858. The molecule has 0 atom stereocenters. The maximum atomic E-state index is 7.07. The van der Waals surface area contributed by atoms with E-state index in [1.165, 1.54) is 48.0 Å². The van der Waals surface area contributed by atoms with Gasteiger partial charge in [0.2, 0.25) is 0 Å². The predicted molar refractivity (Wildman–Crippen MR) is 268 cm³/mol. The SMILES string of the molecule is c1ccc(-c2ccc3c(c2)oc2c(-c4ccccc4)ccc(N(c4ccc(-c5ccccc5-c5ccccc5)cc4)c4cccc5sc6cc(-c7ccccc7)ccc6c45)c23)cc1. The second-order valence-corrected chi connectivity index (χ2v) is 17.1. The number of rotatable bonds is 8. The largest absolute Gasteiger partial charge is 0.455 e. The number of fused-ring (bicyclic) bond motifs is 6. The zero-order valence-corrected chi connectivity index (χ0v) is 35.1. The summed E-state index contributed by atoms with van der Waals surface area (Å²) in [6, 6.07) is 85.2. The Morgan fingerprint density at radius 2 is 0.825 bits per heavy atom. The Morgan fingerprint density at radius 1 is 0.317 bits per heavy atom. The summed E-state index contributed by atoms with van der Waals surface area (Å²) in [6.45, 7) is 0. The molecule has 3 heteroatoms. The van der Waals surface area contributed by atoms with Gasteiger partial charge in [0, 0.05) is 36.8 Å². The van der Waals surface area contributed by atoms with E-state index in [9.17, 15) is 0 Å². The van der Waals surface area contributed by atoms with Crippen LogP contribution in [-0.4, -0.2) is 0 Å². The van der Waals surface area contributed by atoms with Crippen molar-refractivity contribution in [1.29, 1.82) is 0 Å². The Labute approximate surface area is 370 Å². The van der Waals surface area contributed by atoms with Crippen LogP contribution in [0.5, 0.6) is 0 Å². The highest BCUT2D eigenvalue weighted by Crippen LogP contribution is 2.50. The molecule has 0 aliphatic heterocycles. The molecule has 10 aromatic carbocycles. The van der Waals surface area contributed by atoms with Crippen molar-refractivity contribution in [2.45, 2.75) is 0 Å². The quantitative estimate of drug-likeness (QED) is 0.152. The number of benzene rings is 10. The third kappa shape index (κ3) is 6.50. The van der Waals surface area contributed by atoms with Gasteiger partial charge < -0.3 is 9.32 Å². The molecule has 2 aromatic heterocycles. The van der Waals surface area contributed by atoms with Gasteiger partial charge >= 0.3 is 0 Å². The molecule has 63 heavy (non-hydrogen) atoms. The summed E-state index contributed by atoms with van der Waals surface area (Å²) in [5, 5.41) is 4.62. The van der Waals surface area contributed by atoms with E-state index < -0.39 is 0 Å². The van der Waals surface area contributed by atoms with Crippen LogP contribution in [0, 0.1) is 0 Å². The standard InChI is InChI=1S/C60H39NOS/c1-5-16-40(17-6-1)45-30-34-51-55(38-45)62-60-50(43-22-11-4-12-23-43)36-37-54(59(51)60)61(47-32-28-44(29-33-47)49-25-14-13-24-48(49)42-20-9-3-10-21-42)53-26-15-27-56-58(53)52-35-31-46(39-57(52)63-56)41-18-7-2-8-19-41/h1-39H. The van der Waals surface area contributed by atoms with Gasteiger partial charge in [-0.1, -0.05) is 182 Å². The first-order valence-electron chi connectivity index (χ1n) is 21.4. The Hall–Kier alpha value is -7.98. The highest BCUT2D eigenvalue weighted by atomic mass is 32.1. The van der Waals surface area contributed by atoms with Crippen LogP contribution in [0.1, 0.15) is 0 Å². The lowest BCUT2D eigenvalue weighted by atomic mass is 9.94. The number of hydrogen-bond acceptors (Lipinski definition) is 3. The number of thiophene rings is 1. The fourth-order valence-electron chi connectivity index (χ4n) is 9.31. The molecule has 0 bridgehead atoms. The van der Waals surface area contributed by atoms with Gasteiger partial charge in [-0.15, -0.1) is 11.3 Å². The van der Waals surface area contributed by atoms with Crippen LogP contribution < -0.4 is 4.90 Å². The van der Waals surface area contributed by atoms with E-state index in [4.69, 9.17) is 4.42 Å². The summed E-state index contributed by atoms with van der Waals surface area (Å²) >= 11 is 1.85. The molecule has 0 fully saturated rings. The molecule has 0 unspecified atom stereocenters. The number of nitrogens with zero attached hydrogens (tertiary/aromatic N) is 1. The first-order chi connectivity index (χ1) is 31.2. The van der Waals surface area contributed by atoms with Crippen molar-refractivity contribution >= 4 is 70.5 Å². The van der Waals surface area contributed by atoms with Crippen LogP contribution in [0.15, 0.2) is 241 Å². The molecule has 0 aliphatic carbocycles. The normalized spacial score (nSPS) is 11.5. The first kappa shape index (κ1) is 36.8. The number of hydrogen-bond donors (Lipinski definition) is 0. The topological polar surface area (TPSA) is 16.4 Å². The van der Waals surface area contributed by atoms with Crippen molar-refractivity contribution in [1.82, 2.24) is 0 Å². The lowest BCUT2D eigenvalue weighted by Crippen LogP contribution is -2.11. The van der Waals surface area contributed by atoms with Crippen molar-refractivity contribution in [3.8, 4) is 55.6 Å². The van der Waals surface area contributed by atoms with E-state index in [1.807, 2.05) is 11.3 Å². The zero-order valence-electron chi connectivity index (χ0n) is 34.3. The van der Waals surface area contributed by atoms with Crippen molar-refractivity contribution in [3.63, 3.8) is 0 Å². The fourth-order valence-corrected chi connectivity index (χ4v) is 10.5. The van der Waals surface area contributed by atoms with E-state index >= 15 is 0 Å². The molecule has 0 amide bonds. The van der Waals surface area contributed by atoms with Crippen molar-refractivity contribution in [2.24, 2.45) is 0 Å². The Kier molecular flexibility index (Phi) is 9.06. The molecular formula is C60H39NOS. The molecule has 12 rings (SSSR count). The molecule has 296 valence electrons. The number of anilines is 3. The summed E-state index contributed by atoms with van der Waals surface area (Å²) in [4.78, 5) is 2.46. The maximum absolute atomic E-state index is 7.07. The lowest BCUT2D eigenvalue weighted by Gasteiger charge is -2.28. The van der Waals surface area contributed by atoms with Crippen LogP contribution in [0.2, 0.25) is 0 Å². The lowest BCUT2D eigenvalue weighted by molar-refractivity contribution is 0.670. The van der Waals surface area contributed by atoms with Gasteiger partial charge in [0.25, 0.3) is 0 Å². The van der Waals surface area contributed by atoms with E-state index in [0.717, 1.165) is 66.8 Å². The van der Waals surface area contributed by atoms with E-state index in [2.05, 4.69) is 241 Å². The Bertz CT molecular complexity index is 3590. The van der Waals surface area contributed by atoms with Gasteiger partial charge in [0.1, 0.15) is 11.2 Å². The monoisotopic (exact) mass is 821 g/mol. The molecule has 2 heterocycles. The molecular weight excluding hydrogens is 783 g/mol. The Morgan fingerprint density at radius 3 is 1.46 bits per heavy atom. The maximum Gasteiger partial charge on any atom is 0.145 e. The highest BCUT2D eigenvalue weighted by Gasteiger charge is 2.25. The van der Waals surface area contributed by atoms with Crippen molar-refractivity contribution < 1.29 is 4.42 Å². The van der Waals surface area contributed by atoms with E-state index in [1.54, 1.807) is 0 Å². The average molecular weight is 822 g/mol. The molecule has 0 saturated heterocycles. The predicted octanol–water partition coefficient (Wildman–Crippen LogP) is 17.8. The molecule has 0 aliphatic rings. The third-order valence-corrected chi connectivity index (χ3v) is 13.4. The molecule has 0 N–H and O–H groups in total. The van der Waals surface area contributed by atoms with Crippen LogP contribution in [-0.2, 0) is 0 Å². The fraction of sp³-hybridized carbons (Fsp3) is 0. The summed E-state index contributed by atoms with van der Waals surface area (Å²) < 4.78 is 9.57. The summed E-state index contributed by atoms with van der Waals surface area (Å²) in [5.74, 6) is 0. The van der Waals surface area contributed by atoms with E-state index in [-0.39, 0.29) is 0 Å². The second kappa shape index (κ2) is 15.5. The van der Waals surface area contributed by atoms with E-state index in [0.29, 0.717) is 0 Å². The first-order valence-corrected chi connectivity index (χ1v) is 22.2. The highest BCUT2D eigenvalue weighted by molar-refractivity contribution is 7.26. The van der Waals surface area contributed by atoms with Crippen LogP contribution in [0.4, 0.5) is 17.1 Å². The molecule has 0 saturated carbocycles. The minimum Gasteiger partial charge on any atom is -0.455 e. The van der Waals surface area contributed by atoms with Gasteiger partial charge in [-0.25, -0.2) is 0 Å². The smallest absolute Gasteiger partial charge is 0.145 e. The molecule has 0 spiro atoms. The Balaban J connectivity index is 1.11. The number of furan rings is 1. The molecule has 2 nitrogen and oxygen atoms in total. The summed E-state index contributed by atoms with van der Waals surface area (Å²) in [6.07, 6.45) is 0. The van der Waals surface area contributed by atoms with Gasteiger partial charge in [-0.2, -0.15) is 0 Å². The summed E-state index contributed by atoms with van der Waals surface area (Å²) in [5.41, 5.74) is 16.6. The van der Waals surface area contributed by atoms with Crippen molar-refractivity contribution in [3.05, 3.63) is 237 Å². The van der Waals surface area contributed by atoms with Gasteiger partial charge in [0.15, 0.2) is 0 Å². The third-order valence-electron chi connectivity index (χ3n) is 12.3. The van der Waals surface area contributed by atoms with Gasteiger partial charge in [0.05, 0.1) is 16.8 Å². The van der Waals surface area contributed by atoms with Gasteiger partial charge in [-0.3, -0.25) is 0 Å².